The molecule has 2 heterocycles. The molecule has 1 N–H and O–H groups in total. The molecule has 2 unspecified atom stereocenters. The van der Waals surface area contributed by atoms with Crippen molar-refractivity contribution in [2.24, 2.45) is 0 Å². The van der Waals surface area contributed by atoms with Crippen molar-refractivity contribution in [2.45, 2.75) is 65.1 Å². The average molecular weight is 253 g/mol. The van der Waals surface area contributed by atoms with E-state index in [0.29, 0.717) is 12.1 Å². The van der Waals surface area contributed by atoms with Crippen molar-refractivity contribution in [2.75, 3.05) is 0 Å². The van der Waals surface area contributed by atoms with Crippen LogP contribution in [0.15, 0.2) is 5.38 Å². The molecule has 0 aliphatic carbocycles. The highest BCUT2D eigenvalue weighted by Gasteiger charge is 2.24. The third kappa shape index (κ3) is 3.27. The topological polar surface area (TPSA) is 28.2 Å². The van der Waals surface area contributed by atoms with Crippen LogP contribution < -0.4 is 5.43 Å². The summed E-state index contributed by atoms with van der Waals surface area (Å²) in [7, 11) is 0. The molecule has 0 bridgehead atoms. The monoisotopic (exact) mass is 253 g/mol. The summed E-state index contributed by atoms with van der Waals surface area (Å²) < 4.78 is 0. The number of nitrogens with zero attached hydrogens (tertiary/aromatic N) is 2. The summed E-state index contributed by atoms with van der Waals surface area (Å²) in [5.41, 5.74) is 4.73. The third-order valence-electron chi connectivity index (χ3n) is 3.54. The summed E-state index contributed by atoms with van der Waals surface area (Å²) in [5.74, 6) is 0. The van der Waals surface area contributed by atoms with Gasteiger partial charge in [0.1, 0.15) is 0 Å². The van der Waals surface area contributed by atoms with E-state index in [4.69, 9.17) is 0 Å². The molecule has 2 rings (SSSR count). The summed E-state index contributed by atoms with van der Waals surface area (Å²) in [4.78, 5) is 4.59. The van der Waals surface area contributed by atoms with Gasteiger partial charge in [0, 0.05) is 17.5 Å². The van der Waals surface area contributed by atoms with Crippen LogP contribution >= 0.6 is 11.3 Å². The fraction of sp³-hybridized carbons (Fsp3) is 0.769. The molecule has 1 aliphatic heterocycles. The van der Waals surface area contributed by atoms with Crippen molar-refractivity contribution >= 4 is 11.3 Å². The van der Waals surface area contributed by atoms with Crippen LogP contribution in [0.25, 0.3) is 0 Å². The summed E-state index contributed by atoms with van der Waals surface area (Å²) in [6, 6.07) is 1.28. The normalized spacial score (nSPS) is 26.3. The Morgan fingerprint density at radius 2 is 2.12 bits per heavy atom. The second kappa shape index (κ2) is 5.94. The van der Waals surface area contributed by atoms with Crippen LogP contribution in [0.1, 0.15) is 50.7 Å². The molecular weight excluding hydrogens is 230 g/mol. The number of rotatable bonds is 4. The minimum Gasteiger partial charge on any atom is -0.249 e. The fourth-order valence-electron chi connectivity index (χ4n) is 2.50. The highest BCUT2D eigenvalue weighted by atomic mass is 32.1. The maximum absolute atomic E-state index is 4.59. The number of aromatic nitrogens is 1. The van der Waals surface area contributed by atoms with E-state index >= 15 is 0 Å². The Morgan fingerprint density at radius 1 is 1.41 bits per heavy atom. The standard InChI is InChI=1S/C13H23N3S/c1-4-13-15-12(9-17-13)8-14-16-10(2)6-5-7-11(16)3/h9-11,14H,4-8H2,1-3H3. The molecular formula is C13H23N3S. The van der Waals surface area contributed by atoms with Crippen molar-refractivity contribution in [3.8, 4) is 0 Å². The molecule has 3 nitrogen and oxygen atoms in total. The van der Waals surface area contributed by atoms with E-state index in [2.05, 4.69) is 41.6 Å². The Bertz CT molecular complexity index is 340. The van der Waals surface area contributed by atoms with E-state index < -0.39 is 0 Å². The van der Waals surface area contributed by atoms with Gasteiger partial charge in [-0.25, -0.2) is 15.4 Å². The summed E-state index contributed by atoms with van der Waals surface area (Å²) in [6.45, 7) is 7.64. The van der Waals surface area contributed by atoms with Crippen LogP contribution in [0.3, 0.4) is 0 Å². The van der Waals surface area contributed by atoms with E-state index in [1.165, 1.54) is 30.0 Å². The molecule has 17 heavy (non-hydrogen) atoms. The lowest BCUT2D eigenvalue weighted by molar-refractivity contribution is 0.0431. The number of hydrogen-bond donors (Lipinski definition) is 1. The molecule has 2 atom stereocenters. The van der Waals surface area contributed by atoms with Gasteiger partial charge >= 0.3 is 0 Å². The van der Waals surface area contributed by atoms with Crippen molar-refractivity contribution < 1.29 is 0 Å². The summed E-state index contributed by atoms with van der Waals surface area (Å²) in [6.07, 6.45) is 5.00. The Morgan fingerprint density at radius 3 is 2.71 bits per heavy atom. The third-order valence-corrected chi connectivity index (χ3v) is 4.58. The van der Waals surface area contributed by atoms with Crippen LogP contribution in [0.4, 0.5) is 0 Å². The van der Waals surface area contributed by atoms with Crippen LogP contribution in [0, 0.1) is 0 Å². The zero-order valence-electron chi connectivity index (χ0n) is 11.1. The second-order valence-electron chi connectivity index (χ2n) is 4.96. The molecule has 1 fully saturated rings. The van der Waals surface area contributed by atoms with Gasteiger partial charge in [-0.15, -0.1) is 11.3 Å². The van der Waals surface area contributed by atoms with Crippen molar-refractivity contribution in [1.82, 2.24) is 15.4 Å². The van der Waals surface area contributed by atoms with Crippen LogP contribution in [-0.2, 0) is 13.0 Å². The quantitative estimate of drug-likeness (QED) is 0.894. The van der Waals surface area contributed by atoms with E-state index in [0.717, 1.165) is 13.0 Å². The van der Waals surface area contributed by atoms with Gasteiger partial charge in [0.15, 0.2) is 0 Å². The van der Waals surface area contributed by atoms with Crippen molar-refractivity contribution in [3.05, 3.63) is 16.1 Å². The number of thiazole rings is 1. The second-order valence-corrected chi connectivity index (χ2v) is 5.90. The van der Waals surface area contributed by atoms with Gasteiger partial charge in [-0.1, -0.05) is 13.3 Å². The van der Waals surface area contributed by atoms with E-state index in [1.54, 1.807) is 11.3 Å². The number of hydrazine groups is 1. The summed E-state index contributed by atoms with van der Waals surface area (Å²) in [5, 5.41) is 5.82. The van der Waals surface area contributed by atoms with Crippen molar-refractivity contribution in [1.29, 1.82) is 0 Å². The first-order valence-corrected chi connectivity index (χ1v) is 7.53. The molecule has 1 aliphatic rings. The molecule has 1 aromatic rings. The first-order valence-electron chi connectivity index (χ1n) is 6.65. The lowest BCUT2D eigenvalue weighted by Crippen LogP contribution is -2.51. The number of piperidine rings is 1. The fourth-order valence-corrected chi connectivity index (χ4v) is 3.24. The molecule has 4 heteroatoms. The van der Waals surface area contributed by atoms with Gasteiger partial charge in [-0.3, -0.25) is 0 Å². The zero-order valence-corrected chi connectivity index (χ0v) is 11.9. The molecule has 0 spiro atoms. The minimum absolute atomic E-state index is 0.642. The van der Waals surface area contributed by atoms with E-state index in [1.807, 2.05) is 0 Å². The van der Waals surface area contributed by atoms with Gasteiger partial charge in [0.25, 0.3) is 0 Å². The first kappa shape index (κ1) is 13.0. The van der Waals surface area contributed by atoms with Gasteiger partial charge in [0.2, 0.25) is 0 Å². The van der Waals surface area contributed by atoms with Crippen LogP contribution in [0.2, 0.25) is 0 Å². The molecule has 0 saturated carbocycles. The van der Waals surface area contributed by atoms with Crippen LogP contribution in [-0.4, -0.2) is 22.1 Å². The van der Waals surface area contributed by atoms with Gasteiger partial charge in [-0.05, 0) is 33.1 Å². The minimum atomic E-state index is 0.642. The number of hydrogen-bond acceptors (Lipinski definition) is 4. The average Bonchev–Trinajstić information content (AvgIpc) is 2.76. The molecule has 0 aromatic carbocycles. The lowest BCUT2D eigenvalue weighted by Gasteiger charge is -2.39. The SMILES string of the molecule is CCc1nc(CNN2C(C)CCCC2C)cs1. The molecule has 96 valence electrons. The predicted octanol–water partition coefficient (Wildman–Crippen LogP) is 2.97. The summed E-state index contributed by atoms with van der Waals surface area (Å²) >= 11 is 1.77. The Balaban J connectivity index is 1.87. The zero-order chi connectivity index (χ0) is 12.3. The Hall–Kier alpha value is -0.450. The molecule has 0 amide bonds. The molecule has 0 radical (unpaired) electrons. The maximum atomic E-state index is 4.59. The van der Waals surface area contributed by atoms with Gasteiger partial charge in [-0.2, -0.15) is 0 Å². The smallest absolute Gasteiger partial charge is 0.0926 e. The van der Waals surface area contributed by atoms with Gasteiger partial charge in [0.05, 0.1) is 17.2 Å². The van der Waals surface area contributed by atoms with Crippen LogP contribution in [0.5, 0.6) is 0 Å². The highest BCUT2D eigenvalue weighted by molar-refractivity contribution is 7.09. The molecule has 1 aromatic heterocycles. The highest BCUT2D eigenvalue weighted by Crippen LogP contribution is 2.20. The Labute approximate surface area is 108 Å². The number of aryl methyl sites for hydroxylation is 1. The molecule has 1 saturated heterocycles. The predicted molar refractivity (Wildman–Crippen MR) is 72.9 cm³/mol. The van der Waals surface area contributed by atoms with Gasteiger partial charge < -0.3 is 0 Å². The maximum Gasteiger partial charge on any atom is 0.0926 e. The first-order chi connectivity index (χ1) is 8.20. The number of nitrogens with one attached hydrogen (secondary N) is 1. The Kier molecular flexibility index (Phi) is 4.54. The van der Waals surface area contributed by atoms with Crippen molar-refractivity contribution in [3.63, 3.8) is 0 Å². The van der Waals surface area contributed by atoms with E-state index in [9.17, 15) is 0 Å². The largest absolute Gasteiger partial charge is 0.249 e. The van der Waals surface area contributed by atoms with E-state index in [-0.39, 0.29) is 0 Å². The lowest BCUT2D eigenvalue weighted by atomic mass is 10.00.